The van der Waals surface area contributed by atoms with Gasteiger partial charge in [0.25, 0.3) is 0 Å². The third-order valence-electron chi connectivity index (χ3n) is 3.03. The highest BCUT2D eigenvalue weighted by molar-refractivity contribution is 5.67. The number of nitrogens with two attached hydrogens (primary N) is 1. The lowest BCUT2D eigenvalue weighted by Gasteiger charge is -2.02. The number of rotatable bonds is 2. The number of hydrogen-bond donors (Lipinski definition) is 1. The van der Waals surface area contributed by atoms with E-state index < -0.39 is 5.76 Å². The Morgan fingerprint density at radius 3 is 3.05 bits per heavy atom. The van der Waals surface area contributed by atoms with Crippen molar-refractivity contribution in [3.05, 3.63) is 64.3 Å². The first-order valence-corrected chi connectivity index (χ1v) is 6.50. The summed E-state index contributed by atoms with van der Waals surface area (Å²) in [5.41, 5.74) is 8.22. The molecular formula is C16H13N3O2. The fourth-order valence-electron chi connectivity index (χ4n) is 2.12. The summed E-state index contributed by atoms with van der Waals surface area (Å²) in [5.74, 6) is 5.37. The second-order valence-electron chi connectivity index (χ2n) is 4.49. The molecule has 0 atom stereocenters. The molecule has 1 aromatic carbocycles. The van der Waals surface area contributed by atoms with Crippen molar-refractivity contribution < 1.29 is 4.42 Å². The standard InChI is InChI=1S/C16H13N3O2/c17-8-2-6-12-4-1-5-13(10-12)11-19-15-14(21-16(19)20)7-3-9-18-15/h1,3-5,7,9-10H,8,11,17H2. The third-order valence-corrected chi connectivity index (χ3v) is 3.03. The summed E-state index contributed by atoms with van der Waals surface area (Å²) in [4.78, 5) is 16.1. The Labute approximate surface area is 121 Å². The zero-order chi connectivity index (χ0) is 14.7. The lowest BCUT2D eigenvalue weighted by Crippen LogP contribution is -2.15. The van der Waals surface area contributed by atoms with Gasteiger partial charge in [-0.3, -0.25) is 4.57 Å². The molecule has 21 heavy (non-hydrogen) atoms. The first-order chi connectivity index (χ1) is 10.3. The van der Waals surface area contributed by atoms with Crippen LogP contribution in [0.1, 0.15) is 11.1 Å². The lowest BCUT2D eigenvalue weighted by molar-refractivity contribution is 0.517. The minimum atomic E-state index is -0.415. The molecule has 104 valence electrons. The monoisotopic (exact) mass is 279 g/mol. The summed E-state index contributed by atoms with van der Waals surface area (Å²) in [6, 6.07) is 11.1. The molecule has 0 saturated heterocycles. The molecule has 5 heteroatoms. The van der Waals surface area contributed by atoms with Crippen LogP contribution in [0.4, 0.5) is 0 Å². The van der Waals surface area contributed by atoms with Crippen molar-refractivity contribution in [1.82, 2.24) is 9.55 Å². The van der Waals surface area contributed by atoms with Gasteiger partial charge in [-0.2, -0.15) is 0 Å². The van der Waals surface area contributed by atoms with Gasteiger partial charge in [-0.1, -0.05) is 24.0 Å². The van der Waals surface area contributed by atoms with Crippen LogP contribution in [-0.4, -0.2) is 16.1 Å². The molecule has 0 aliphatic carbocycles. The maximum Gasteiger partial charge on any atom is 0.421 e. The predicted octanol–water partition coefficient (Wildman–Crippen LogP) is 1.35. The van der Waals surface area contributed by atoms with Crippen LogP contribution in [0.2, 0.25) is 0 Å². The van der Waals surface area contributed by atoms with Crippen molar-refractivity contribution in [2.24, 2.45) is 5.73 Å². The van der Waals surface area contributed by atoms with Crippen molar-refractivity contribution >= 4 is 11.2 Å². The number of benzene rings is 1. The van der Waals surface area contributed by atoms with Crippen LogP contribution in [-0.2, 0) is 6.54 Å². The van der Waals surface area contributed by atoms with Gasteiger partial charge < -0.3 is 10.2 Å². The van der Waals surface area contributed by atoms with Gasteiger partial charge in [0.2, 0.25) is 0 Å². The number of pyridine rings is 1. The van der Waals surface area contributed by atoms with Crippen LogP contribution in [0.3, 0.4) is 0 Å². The van der Waals surface area contributed by atoms with Gasteiger partial charge in [0, 0.05) is 11.8 Å². The van der Waals surface area contributed by atoms with E-state index in [-0.39, 0.29) is 0 Å². The number of fused-ring (bicyclic) bond motifs is 1. The van der Waals surface area contributed by atoms with Gasteiger partial charge in [-0.05, 0) is 29.8 Å². The Morgan fingerprint density at radius 1 is 1.29 bits per heavy atom. The fourth-order valence-corrected chi connectivity index (χ4v) is 2.12. The van der Waals surface area contributed by atoms with Crippen molar-refractivity contribution in [2.75, 3.05) is 6.54 Å². The van der Waals surface area contributed by atoms with Gasteiger partial charge in [-0.25, -0.2) is 9.78 Å². The first kappa shape index (κ1) is 13.2. The van der Waals surface area contributed by atoms with Gasteiger partial charge in [0.15, 0.2) is 11.2 Å². The van der Waals surface area contributed by atoms with Crippen molar-refractivity contribution in [2.45, 2.75) is 6.54 Å². The Bertz CT molecular complexity index is 897. The van der Waals surface area contributed by atoms with E-state index in [0.717, 1.165) is 11.1 Å². The van der Waals surface area contributed by atoms with Crippen LogP contribution in [0.15, 0.2) is 51.8 Å². The molecule has 0 unspecified atom stereocenters. The van der Waals surface area contributed by atoms with Crippen molar-refractivity contribution in [3.8, 4) is 11.8 Å². The minimum Gasteiger partial charge on any atom is -0.406 e. The highest BCUT2D eigenvalue weighted by Crippen LogP contribution is 2.12. The summed E-state index contributed by atoms with van der Waals surface area (Å²) in [5, 5.41) is 0. The fraction of sp³-hybridized carbons (Fsp3) is 0.125. The van der Waals surface area contributed by atoms with Gasteiger partial charge >= 0.3 is 5.76 Å². The van der Waals surface area contributed by atoms with Crippen LogP contribution < -0.4 is 11.5 Å². The quantitative estimate of drug-likeness (QED) is 0.719. The van der Waals surface area contributed by atoms with Gasteiger partial charge in [-0.15, -0.1) is 0 Å². The minimum absolute atomic E-state index is 0.319. The SMILES string of the molecule is NCC#Cc1cccc(Cn2c(=O)oc3cccnc32)c1. The van der Waals surface area contributed by atoms with E-state index in [1.165, 1.54) is 4.57 Å². The van der Waals surface area contributed by atoms with Crippen LogP contribution in [0, 0.1) is 11.8 Å². The summed E-state index contributed by atoms with van der Waals surface area (Å²) in [7, 11) is 0. The van der Waals surface area contributed by atoms with Crippen LogP contribution >= 0.6 is 0 Å². The normalized spacial score (nSPS) is 10.3. The highest BCUT2D eigenvalue weighted by atomic mass is 16.4. The zero-order valence-corrected chi connectivity index (χ0v) is 11.2. The Kier molecular flexibility index (Phi) is 3.54. The number of hydrogen-bond acceptors (Lipinski definition) is 4. The smallest absolute Gasteiger partial charge is 0.406 e. The summed E-state index contributed by atoms with van der Waals surface area (Å²) >= 11 is 0. The number of oxazole rings is 1. The van der Waals surface area contributed by atoms with Gasteiger partial charge in [0.05, 0.1) is 13.1 Å². The average molecular weight is 279 g/mol. The maximum absolute atomic E-state index is 11.9. The molecule has 2 N–H and O–H groups in total. The molecule has 2 heterocycles. The van der Waals surface area contributed by atoms with Crippen molar-refractivity contribution in [1.29, 1.82) is 0 Å². The summed E-state index contributed by atoms with van der Waals surface area (Å²) in [6.07, 6.45) is 1.64. The van der Waals surface area contributed by atoms with E-state index in [1.54, 1.807) is 18.3 Å². The molecule has 2 aromatic heterocycles. The lowest BCUT2D eigenvalue weighted by atomic mass is 10.1. The Morgan fingerprint density at radius 2 is 2.19 bits per heavy atom. The molecule has 0 radical (unpaired) electrons. The van der Waals surface area contributed by atoms with Crippen LogP contribution in [0.5, 0.6) is 0 Å². The molecule has 0 saturated carbocycles. The molecule has 0 spiro atoms. The second-order valence-corrected chi connectivity index (χ2v) is 4.49. The molecule has 5 nitrogen and oxygen atoms in total. The van der Waals surface area contributed by atoms with E-state index in [0.29, 0.717) is 24.3 Å². The molecular weight excluding hydrogens is 266 g/mol. The van der Waals surface area contributed by atoms with Crippen LogP contribution in [0.25, 0.3) is 11.2 Å². The predicted molar refractivity (Wildman–Crippen MR) is 79.7 cm³/mol. The first-order valence-electron chi connectivity index (χ1n) is 6.50. The topological polar surface area (TPSA) is 74.0 Å². The van der Waals surface area contributed by atoms with Crippen molar-refractivity contribution in [3.63, 3.8) is 0 Å². The van der Waals surface area contributed by atoms with E-state index >= 15 is 0 Å². The third kappa shape index (κ3) is 2.71. The number of aromatic nitrogens is 2. The molecule has 3 aromatic rings. The number of nitrogens with zero attached hydrogens (tertiary/aromatic N) is 2. The molecule has 3 rings (SSSR count). The average Bonchev–Trinajstić information content (AvgIpc) is 2.82. The summed E-state index contributed by atoms with van der Waals surface area (Å²) < 4.78 is 6.67. The molecule has 0 bridgehead atoms. The molecule has 0 aliphatic rings. The molecule has 0 amide bonds. The van der Waals surface area contributed by atoms with Gasteiger partial charge in [0.1, 0.15) is 0 Å². The molecule has 0 fully saturated rings. The zero-order valence-electron chi connectivity index (χ0n) is 11.2. The Balaban J connectivity index is 1.99. The van der Waals surface area contributed by atoms with E-state index in [2.05, 4.69) is 16.8 Å². The maximum atomic E-state index is 11.9. The largest absolute Gasteiger partial charge is 0.421 e. The molecule has 0 aliphatic heterocycles. The second kappa shape index (κ2) is 5.65. The van der Waals surface area contributed by atoms with E-state index in [1.807, 2.05) is 24.3 Å². The summed E-state index contributed by atoms with van der Waals surface area (Å²) in [6.45, 7) is 0.709. The van der Waals surface area contributed by atoms with E-state index in [4.69, 9.17) is 10.2 Å². The Hall–Kier alpha value is -2.84. The van der Waals surface area contributed by atoms with E-state index in [9.17, 15) is 4.79 Å². The highest BCUT2D eigenvalue weighted by Gasteiger charge is 2.10.